The van der Waals surface area contributed by atoms with Gasteiger partial charge in [-0.05, 0) is 57.2 Å². The van der Waals surface area contributed by atoms with Gasteiger partial charge in [-0.25, -0.2) is 4.79 Å². The van der Waals surface area contributed by atoms with Crippen LogP contribution in [-0.2, 0) is 11.3 Å². The normalized spacial score (nSPS) is 27.2. The maximum atomic E-state index is 12.4. The molecule has 3 N–H and O–H groups in total. The van der Waals surface area contributed by atoms with Gasteiger partial charge in [0, 0.05) is 37.3 Å². The second-order valence-corrected chi connectivity index (χ2v) is 9.29. The Morgan fingerprint density at radius 3 is 2.37 bits per heavy atom. The maximum Gasteiger partial charge on any atom is 0.410 e. The molecule has 3 fully saturated rings. The molecule has 2 aliphatic heterocycles. The fourth-order valence-electron chi connectivity index (χ4n) is 5.32. The molecular weight excluding hydrogens is 376 g/mol. The molecule has 0 radical (unpaired) electrons. The molecule has 3 aliphatic rings. The van der Waals surface area contributed by atoms with Crippen LogP contribution in [0.25, 0.3) is 0 Å². The summed E-state index contributed by atoms with van der Waals surface area (Å²) in [4.78, 5) is 16.9. The summed E-state index contributed by atoms with van der Waals surface area (Å²) in [6.45, 7) is 4.26. The van der Waals surface area contributed by atoms with E-state index in [0.717, 1.165) is 44.6 Å². The predicted octanol–water partition coefficient (Wildman–Crippen LogP) is 3.11. The molecule has 2 atom stereocenters. The number of carbonyl (C=O) groups excluding carboxylic acids is 1. The first-order chi connectivity index (χ1) is 14.7. The van der Waals surface area contributed by atoms with Gasteiger partial charge in [0.1, 0.15) is 6.61 Å². The van der Waals surface area contributed by atoms with E-state index in [9.17, 15) is 4.79 Å². The fourth-order valence-corrected chi connectivity index (χ4v) is 5.32. The molecule has 0 aromatic heterocycles. The number of rotatable bonds is 5. The van der Waals surface area contributed by atoms with Gasteiger partial charge in [0.2, 0.25) is 0 Å². The van der Waals surface area contributed by atoms with Gasteiger partial charge in [-0.15, -0.1) is 0 Å². The van der Waals surface area contributed by atoms with Crippen LogP contribution in [0, 0.1) is 0 Å². The van der Waals surface area contributed by atoms with Crippen LogP contribution >= 0.6 is 0 Å². The highest BCUT2D eigenvalue weighted by Gasteiger charge is 2.31. The van der Waals surface area contributed by atoms with Crippen LogP contribution in [0.2, 0.25) is 0 Å². The zero-order chi connectivity index (χ0) is 20.8. The summed E-state index contributed by atoms with van der Waals surface area (Å²) < 4.78 is 5.50. The highest BCUT2D eigenvalue weighted by Crippen LogP contribution is 2.24. The molecule has 1 aromatic carbocycles. The fraction of sp³-hybridized carbons (Fsp3) is 0.708. The quantitative estimate of drug-likeness (QED) is 0.775. The van der Waals surface area contributed by atoms with Crippen LogP contribution < -0.4 is 11.1 Å². The van der Waals surface area contributed by atoms with E-state index in [-0.39, 0.29) is 6.09 Å². The number of hydrogen-bond donors (Lipinski definition) is 2. The first kappa shape index (κ1) is 21.6. The van der Waals surface area contributed by atoms with Crippen molar-refractivity contribution >= 4 is 6.09 Å². The average Bonchev–Trinajstić information content (AvgIpc) is 2.80. The van der Waals surface area contributed by atoms with E-state index < -0.39 is 0 Å². The molecule has 1 aromatic rings. The minimum absolute atomic E-state index is 0.177. The second kappa shape index (κ2) is 10.6. The van der Waals surface area contributed by atoms with E-state index in [1.54, 1.807) is 0 Å². The molecule has 0 spiro atoms. The first-order valence-corrected chi connectivity index (χ1v) is 11.9. The van der Waals surface area contributed by atoms with Crippen molar-refractivity contribution in [3.8, 4) is 0 Å². The number of nitrogens with zero attached hydrogens (tertiary/aromatic N) is 2. The summed E-state index contributed by atoms with van der Waals surface area (Å²) in [5.74, 6) is 0. The number of ether oxygens (including phenoxy) is 1. The Bertz CT molecular complexity index is 654. The molecule has 6 heteroatoms. The zero-order valence-corrected chi connectivity index (χ0v) is 18.2. The Balaban J connectivity index is 1.15. The summed E-state index contributed by atoms with van der Waals surface area (Å²) in [6, 6.07) is 11.9. The molecule has 2 saturated heterocycles. The van der Waals surface area contributed by atoms with Crippen molar-refractivity contribution in [3.63, 3.8) is 0 Å². The summed E-state index contributed by atoms with van der Waals surface area (Å²) in [5, 5.41) is 3.86. The van der Waals surface area contributed by atoms with Crippen molar-refractivity contribution in [2.75, 3.05) is 26.2 Å². The number of nitrogens with one attached hydrogen (secondary N) is 1. The Morgan fingerprint density at radius 2 is 1.67 bits per heavy atom. The molecule has 166 valence electrons. The van der Waals surface area contributed by atoms with Gasteiger partial charge < -0.3 is 25.6 Å². The number of likely N-dealkylation sites (tertiary alicyclic amines) is 2. The Morgan fingerprint density at radius 1 is 0.967 bits per heavy atom. The molecule has 1 aliphatic carbocycles. The number of nitrogens with two attached hydrogens (primary N) is 1. The maximum absolute atomic E-state index is 12.4. The Labute approximate surface area is 181 Å². The molecular formula is C24H38N4O2. The van der Waals surface area contributed by atoms with Crippen molar-refractivity contribution in [2.24, 2.45) is 5.73 Å². The zero-order valence-electron chi connectivity index (χ0n) is 18.2. The van der Waals surface area contributed by atoms with E-state index in [1.807, 2.05) is 35.2 Å². The van der Waals surface area contributed by atoms with E-state index >= 15 is 0 Å². The van der Waals surface area contributed by atoms with Crippen LogP contribution in [0.4, 0.5) is 4.79 Å². The van der Waals surface area contributed by atoms with Crippen molar-refractivity contribution in [1.82, 2.24) is 15.1 Å². The van der Waals surface area contributed by atoms with Crippen molar-refractivity contribution in [3.05, 3.63) is 35.9 Å². The summed E-state index contributed by atoms with van der Waals surface area (Å²) in [5.41, 5.74) is 7.35. The third kappa shape index (κ3) is 5.74. The second-order valence-electron chi connectivity index (χ2n) is 9.29. The monoisotopic (exact) mass is 414 g/mol. The topological polar surface area (TPSA) is 70.8 Å². The lowest BCUT2D eigenvalue weighted by Gasteiger charge is -2.43. The first-order valence-electron chi connectivity index (χ1n) is 11.9. The minimum atomic E-state index is -0.177. The van der Waals surface area contributed by atoms with Crippen LogP contribution in [0.3, 0.4) is 0 Å². The van der Waals surface area contributed by atoms with E-state index in [0.29, 0.717) is 30.8 Å². The van der Waals surface area contributed by atoms with Crippen molar-refractivity contribution in [1.29, 1.82) is 0 Å². The van der Waals surface area contributed by atoms with Crippen LogP contribution in [0.5, 0.6) is 0 Å². The molecule has 6 nitrogen and oxygen atoms in total. The van der Waals surface area contributed by atoms with Crippen LogP contribution in [-0.4, -0.2) is 66.2 Å². The van der Waals surface area contributed by atoms with Gasteiger partial charge in [0.05, 0.1) is 0 Å². The number of carbonyl (C=O) groups is 1. The third-order valence-electron chi connectivity index (χ3n) is 7.24. The lowest BCUT2D eigenvalue weighted by molar-refractivity contribution is 0.0582. The van der Waals surface area contributed by atoms with Gasteiger partial charge in [-0.1, -0.05) is 43.2 Å². The molecule has 1 saturated carbocycles. The number of benzene rings is 1. The van der Waals surface area contributed by atoms with E-state index in [4.69, 9.17) is 10.5 Å². The largest absolute Gasteiger partial charge is 0.445 e. The van der Waals surface area contributed by atoms with Gasteiger partial charge in [-0.2, -0.15) is 0 Å². The highest BCUT2D eigenvalue weighted by atomic mass is 16.6. The van der Waals surface area contributed by atoms with Crippen LogP contribution in [0.15, 0.2) is 30.3 Å². The van der Waals surface area contributed by atoms with E-state index in [2.05, 4.69) is 10.2 Å². The molecule has 0 bridgehead atoms. The van der Waals surface area contributed by atoms with Gasteiger partial charge in [0.25, 0.3) is 0 Å². The number of hydrogen-bond acceptors (Lipinski definition) is 5. The van der Waals surface area contributed by atoms with Crippen molar-refractivity contribution in [2.45, 2.75) is 82.1 Å². The average molecular weight is 415 g/mol. The van der Waals surface area contributed by atoms with Gasteiger partial charge in [-0.3, -0.25) is 0 Å². The minimum Gasteiger partial charge on any atom is -0.445 e. The Kier molecular flexibility index (Phi) is 7.63. The number of amides is 1. The van der Waals surface area contributed by atoms with Gasteiger partial charge >= 0.3 is 6.09 Å². The SMILES string of the molecule is N[C@@H]1CCCC[C@H]1NC1CCN(C2CCN(C(=O)OCc3ccccc3)CC2)CC1. The highest BCUT2D eigenvalue weighted by molar-refractivity contribution is 5.67. The van der Waals surface area contributed by atoms with Crippen LogP contribution in [0.1, 0.15) is 56.9 Å². The van der Waals surface area contributed by atoms with E-state index in [1.165, 1.54) is 38.5 Å². The van der Waals surface area contributed by atoms with Crippen molar-refractivity contribution < 1.29 is 9.53 Å². The van der Waals surface area contributed by atoms with Gasteiger partial charge in [0.15, 0.2) is 0 Å². The summed E-state index contributed by atoms with van der Waals surface area (Å²) >= 11 is 0. The predicted molar refractivity (Wildman–Crippen MR) is 119 cm³/mol. The smallest absolute Gasteiger partial charge is 0.410 e. The lowest BCUT2D eigenvalue weighted by atomic mass is 9.89. The molecule has 2 heterocycles. The third-order valence-corrected chi connectivity index (χ3v) is 7.24. The molecule has 1 amide bonds. The summed E-state index contributed by atoms with van der Waals surface area (Å²) in [7, 11) is 0. The lowest BCUT2D eigenvalue weighted by Crippen LogP contribution is -2.55. The Hall–Kier alpha value is -1.63. The molecule has 30 heavy (non-hydrogen) atoms. The standard InChI is InChI=1S/C24H38N4O2/c25-22-8-4-5-9-23(22)26-20-10-14-27(15-11-20)21-12-16-28(17-13-21)24(29)30-18-19-6-2-1-3-7-19/h1-3,6-7,20-23,26H,4-5,8-18,25H2/t22-,23-/m1/s1. The number of piperidine rings is 2. The molecule has 0 unspecified atom stereocenters. The summed E-state index contributed by atoms with van der Waals surface area (Å²) in [6.07, 6.45) is 9.35. The molecule has 4 rings (SSSR count).